The van der Waals surface area contributed by atoms with E-state index in [9.17, 15) is 45.0 Å². The first-order chi connectivity index (χ1) is 24.7. The quantitative estimate of drug-likeness (QED) is 0.134. The highest BCUT2D eigenvalue weighted by atomic mass is 16.6. The summed E-state index contributed by atoms with van der Waals surface area (Å²) in [6.07, 6.45) is -0.335. The van der Waals surface area contributed by atoms with Crippen LogP contribution in [0, 0.1) is 5.92 Å². The maximum Gasteiger partial charge on any atom is 0.264 e. The van der Waals surface area contributed by atoms with Gasteiger partial charge in [0.2, 0.25) is 5.91 Å². The van der Waals surface area contributed by atoms with Crippen LogP contribution < -0.4 is 10.2 Å². The Hall–Kier alpha value is -4.21. The molecule has 2 heterocycles. The number of benzene rings is 2. The fourth-order valence-electron chi connectivity index (χ4n) is 6.29. The lowest BCUT2D eigenvalue weighted by Gasteiger charge is -2.37. The molecule has 0 aliphatic carbocycles. The highest BCUT2D eigenvalue weighted by Crippen LogP contribution is 2.46. The molecule has 2 aromatic carbocycles. The van der Waals surface area contributed by atoms with Crippen molar-refractivity contribution in [3.05, 3.63) is 95.1 Å². The van der Waals surface area contributed by atoms with Crippen molar-refractivity contribution in [2.75, 3.05) is 29.9 Å². The van der Waals surface area contributed by atoms with Crippen LogP contribution in [0.1, 0.15) is 58.1 Å². The van der Waals surface area contributed by atoms with Crippen molar-refractivity contribution < 1.29 is 49.8 Å². The van der Waals surface area contributed by atoms with Crippen LogP contribution in [0.4, 0.5) is 11.4 Å². The van der Waals surface area contributed by atoms with E-state index in [4.69, 9.17) is 4.74 Å². The summed E-state index contributed by atoms with van der Waals surface area (Å²) in [5.41, 5.74) is 1.80. The number of aliphatic hydroxyl groups excluding tert-OH is 5. The summed E-state index contributed by atoms with van der Waals surface area (Å²) in [7, 11) is 0. The molecule has 0 unspecified atom stereocenters. The number of allylic oxidation sites excluding steroid dienone is 3. The minimum atomic E-state index is -2.11. The molecule has 0 bridgehead atoms. The van der Waals surface area contributed by atoms with Gasteiger partial charge in [-0.15, -0.1) is 0 Å². The second kappa shape index (κ2) is 18.0. The van der Waals surface area contributed by atoms with Crippen molar-refractivity contribution in [1.29, 1.82) is 0 Å². The Kier molecular flexibility index (Phi) is 14.1. The molecule has 2 aliphatic heterocycles. The average Bonchev–Trinajstić information content (AvgIpc) is 3.33. The summed E-state index contributed by atoms with van der Waals surface area (Å²) in [6, 6.07) is 13.9. The minimum absolute atomic E-state index is 0.0438. The zero-order chi connectivity index (χ0) is 38.2. The zero-order valence-corrected chi connectivity index (χ0v) is 30.1. The molecule has 7 atom stereocenters. The minimum Gasteiger partial charge on any atom is -0.395 e. The number of aliphatic hydroxyl groups is 6. The fraction of sp³-hybridized carbons (Fsp3) is 0.462. The van der Waals surface area contributed by atoms with Gasteiger partial charge in [-0.3, -0.25) is 14.4 Å². The Morgan fingerprint density at radius 2 is 1.73 bits per heavy atom. The Balaban J connectivity index is 1.59. The summed E-state index contributed by atoms with van der Waals surface area (Å²) in [6.45, 7) is 8.08. The molecule has 13 heteroatoms. The Bertz CT molecular complexity index is 1660. The van der Waals surface area contributed by atoms with E-state index in [0.717, 1.165) is 24.0 Å². The standard InChI is InChI=1S/C39H51N3O10/c1-24(2)10-8-11-25(3)18-19-42-30-17-16-28(40-36(48)35-33(46)32(45)34(47)37(49)52-35)22-29(30)39(51,38(42)50)26(4)12-9-15-31(44)41(20-21-43)23-27-13-6-5-7-14-27/h5-7,9-10,12-14,16-18,22,26,32-35,37,43,45-47,49,51H,8,11,15,19-21,23H2,1-4H3,(H,40,48)/b12-9+,25-18+/t26-,32+,33+,34-,35+,37-,39+/m1/s1. The normalized spacial score (nSPS) is 25.2. The van der Waals surface area contributed by atoms with Crippen molar-refractivity contribution in [2.24, 2.45) is 5.92 Å². The van der Waals surface area contributed by atoms with Crippen LogP contribution in [0.25, 0.3) is 0 Å². The highest BCUT2D eigenvalue weighted by Gasteiger charge is 2.52. The number of carbonyl (C=O) groups excluding carboxylic acids is 3. The van der Waals surface area contributed by atoms with Crippen LogP contribution in [-0.2, 0) is 31.3 Å². The third-order valence-electron chi connectivity index (χ3n) is 9.41. The van der Waals surface area contributed by atoms with E-state index in [2.05, 4.69) is 11.4 Å². The molecule has 3 amide bonds. The molecule has 2 aliphatic rings. The van der Waals surface area contributed by atoms with Crippen LogP contribution in [0.3, 0.4) is 0 Å². The van der Waals surface area contributed by atoms with Gasteiger partial charge in [0.05, 0.1) is 12.3 Å². The maximum absolute atomic E-state index is 14.1. The maximum atomic E-state index is 14.1. The van der Waals surface area contributed by atoms with Gasteiger partial charge in [-0.05, 0) is 57.4 Å². The van der Waals surface area contributed by atoms with Crippen LogP contribution in [0.15, 0.2) is 84.0 Å². The van der Waals surface area contributed by atoms with E-state index in [-0.39, 0.29) is 43.3 Å². The molecule has 282 valence electrons. The molecule has 1 saturated heterocycles. The number of nitrogens with zero attached hydrogens (tertiary/aromatic N) is 2. The van der Waals surface area contributed by atoms with E-state index >= 15 is 0 Å². The Labute approximate surface area is 304 Å². The van der Waals surface area contributed by atoms with Gasteiger partial charge in [0.15, 0.2) is 18.0 Å². The lowest BCUT2D eigenvalue weighted by molar-refractivity contribution is -0.274. The van der Waals surface area contributed by atoms with Gasteiger partial charge in [-0.1, -0.05) is 72.7 Å². The Morgan fingerprint density at radius 3 is 2.40 bits per heavy atom. The molecule has 0 saturated carbocycles. The van der Waals surface area contributed by atoms with Crippen LogP contribution in [-0.4, -0.2) is 104 Å². The predicted molar refractivity (Wildman–Crippen MR) is 195 cm³/mol. The van der Waals surface area contributed by atoms with Gasteiger partial charge in [0.1, 0.15) is 18.3 Å². The summed E-state index contributed by atoms with van der Waals surface area (Å²) < 4.78 is 5.05. The van der Waals surface area contributed by atoms with E-state index in [1.165, 1.54) is 27.5 Å². The van der Waals surface area contributed by atoms with Crippen molar-refractivity contribution in [3.63, 3.8) is 0 Å². The van der Waals surface area contributed by atoms with Crippen molar-refractivity contribution in [3.8, 4) is 0 Å². The third kappa shape index (κ3) is 9.41. The van der Waals surface area contributed by atoms with E-state index < -0.39 is 54.0 Å². The van der Waals surface area contributed by atoms with E-state index in [0.29, 0.717) is 12.2 Å². The van der Waals surface area contributed by atoms with Gasteiger partial charge in [-0.25, -0.2) is 0 Å². The number of anilines is 2. The highest BCUT2D eigenvalue weighted by molar-refractivity contribution is 6.08. The van der Waals surface area contributed by atoms with Crippen LogP contribution in [0.5, 0.6) is 0 Å². The first kappa shape index (κ1) is 40.6. The lowest BCUT2D eigenvalue weighted by Crippen LogP contribution is -2.60. The molecule has 0 radical (unpaired) electrons. The summed E-state index contributed by atoms with van der Waals surface area (Å²) in [5.74, 6) is -2.63. The number of rotatable bonds is 15. The first-order valence-corrected chi connectivity index (χ1v) is 17.4. The number of ether oxygens (including phenoxy) is 1. The molecule has 1 fully saturated rings. The van der Waals surface area contributed by atoms with Gasteiger partial charge in [0.25, 0.3) is 11.8 Å². The number of amides is 3. The lowest BCUT2D eigenvalue weighted by atomic mass is 9.82. The summed E-state index contributed by atoms with van der Waals surface area (Å²) >= 11 is 0. The number of hydrogen-bond acceptors (Lipinski definition) is 10. The third-order valence-corrected chi connectivity index (χ3v) is 9.41. The molecular weight excluding hydrogens is 670 g/mol. The van der Waals surface area contributed by atoms with Crippen LogP contribution >= 0.6 is 0 Å². The molecular formula is C39H51N3O10. The number of carbonyl (C=O) groups is 3. The fourth-order valence-corrected chi connectivity index (χ4v) is 6.29. The molecule has 2 aromatic rings. The van der Waals surface area contributed by atoms with Crippen molar-refractivity contribution >= 4 is 29.1 Å². The zero-order valence-electron chi connectivity index (χ0n) is 30.1. The average molecular weight is 722 g/mol. The van der Waals surface area contributed by atoms with Crippen LogP contribution in [0.2, 0.25) is 0 Å². The van der Waals surface area contributed by atoms with Crippen molar-refractivity contribution in [2.45, 2.75) is 89.8 Å². The van der Waals surface area contributed by atoms with E-state index in [1.807, 2.05) is 57.2 Å². The molecule has 0 aromatic heterocycles. The van der Waals surface area contributed by atoms with Gasteiger partial charge < -0.3 is 50.5 Å². The second-order valence-electron chi connectivity index (χ2n) is 13.6. The van der Waals surface area contributed by atoms with Gasteiger partial charge in [-0.2, -0.15) is 0 Å². The second-order valence-corrected chi connectivity index (χ2v) is 13.6. The monoisotopic (exact) mass is 721 g/mol. The molecule has 0 spiro atoms. The topological polar surface area (TPSA) is 200 Å². The molecule has 52 heavy (non-hydrogen) atoms. The summed E-state index contributed by atoms with van der Waals surface area (Å²) in [4.78, 5) is 43.4. The number of hydrogen-bond donors (Lipinski definition) is 7. The molecule has 13 nitrogen and oxygen atoms in total. The predicted octanol–water partition coefficient (Wildman–Crippen LogP) is 2.26. The smallest absolute Gasteiger partial charge is 0.264 e. The van der Waals surface area contributed by atoms with E-state index in [1.54, 1.807) is 25.1 Å². The molecule has 7 N–H and O–H groups in total. The number of fused-ring (bicyclic) bond motifs is 1. The summed E-state index contributed by atoms with van der Waals surface area (Å²) in [5, 5.41) is 64.5. The molecule has 4 rings (SSSR count). The van der Waals surface area contributed by atoms with Gasteiger partial charge in [0, 0.05) is 43.2 Å². The first-order valence-electron chi connectivity index (χ1n) is 17.4. The Morgan fingerprint density at radius 1 is 1.02 bits per heavy atom. The SMILES string of the molecule is CC(C)=CCC/C(C)=C/CN1C(=O)[C@](O)([C@H](C)/C=C/CC(=O)N(CCO)Cc2ccccc2)c2cc(NC(=O)[C@H]3O[C@@H](O)[C@H](O)[C@@H](O)[C@@H]3O)ccc21. The number of nitrogens with one attached hydrogen (secondary N) is 1. The van der Waals surface area contributed by atoms with Crippen molar-refractivity contribution in [1.82, 2.24) is 4.90 Å². The largest absolute Gasteiger partial charge is 0.395 e. The van der Waals surface area contributed by atoms with Gasteiger partial charge >= 0.3 is 0 Å².